The van der Waals surface area contributed by atoms with Gasteiger partial charge in [-0.3, -0.25) is 9.69 Å². The molecule has 0 aliphatic carbocycles. The molecule has 1 aromatic heterocycles. The third-order valence-electron chi connectivity index (χ3n) is 6.32. The Morgan fingerprint density at radius 3 is 2.63 bits per heavy atom. The monoisotopic (exact) mass is 502 g/mol. The van der Waals surface area contributed by atoms with Gasteiger partial charge >= 0.3 is 0 Å². The molecular weight excluding hydrogens is 460 g/mol. The number of ether oxygens (including phenoxy) is 2. The fourth-order valence-electron chi connectivity index (χ4n) is 4.30. The summed E-state index contributed by atoms with van der Waals surface area (Å²) in [6, 6.07) is 10.1. The van der Waals surface area contributed by atoms with Crippen molar-refractivity contribution in [2.75, 3.05) is 39.4 Å². The van der Waals surface area contributed by atoms with Crippen molar-refractivity contribution in [2.45, 2.75) is 65.7 Å². The van der Waals surface area contributed by atoms with Crippen LogP contribution in [0.5, 0.6) is 5.75 Å². The Balaban J connectivity index is 1.69. The number of aryl methyl sites for hydroxylation is 1. The number of benzene rings is 1. The van der Waals surface area contributed by atoms with Gasteiger partial charge in [-0.1, -0.05) is 31.5 Å². The molecule has 6 nitrogen and oxygen atoms in total. The van der Waals surface area contributed by atoms with Crippen LogP contribution in [-0.2, 0) is 16.0 Å². The lowest BCUT2D eigenvalue weighted by molar-refractivity contribution is -0.136. The summed E-state index contributed by atoms with van der Waals surface area (Å²) in [6.07, 6.45) is 1.29. The van der Waals surface area contributed by atoms with E-state index >= 15 is 0 Å². The van der Waals surface area contributed by atoms with Crippen LogP contribution in [-0.4, -0.2) is 72.4 Å². The van der Waals surface area contributed by atoms with Gasteiger partial charge in [-0.2, -0.15) is 0 Å². The van der Waals surface area contributed by atoms with E-state index in [-0.39, 0.29) is 31.2 Å². The lowest BCUT2D eigenvalue weighted by Gasteiger charge is -2.37. The van der Waals surface area contributed by atoms with E-state index < -0.39 is 6.10 Å². The van der Waals surface area contributed by atoms with E-state index in [9.17, 15) is 9.90 Å². The van der Waals surface area contributed by atoms with Crippen molar-refractivity contribution >= 4 is 17.2 Å². The molecule has 0 saturated heterocycles. The van der Waals surface area contributed by atoms with E-state index in [4.69, 9.17) is 9.47 Å². The number of fused-ring (bicyclic) bond motifs is 1. The van der Waals surface area contributed by atoms with Crippen LogP contribution in [0.4, 0.5) is 0 Å². The van der Waals surface area contributed by atoms with Gasteiger partial charge in [0.25, 0.3) is 0 Å². The molecule has 2 atom stereocenters. The van der Waals surface area contributed by atoms with E-state index in [1.54, 1.807) is 11.3 Å². The smallest absolute Gasteiger partial charge is 0.237 e. The molecular formula is C28H42N2O4S. The van der Waals surface area contributed by atoms with Crippen LogP contribution < -0.4 is 4.74 Å². The molecule has 194 valence electrons. The SMILES string of the molecule is Cc1ccc(OCC2c3ccsc3CCN2C(=O)CN(CCC(C)C)CC(O)COC(C)C)cc1. The summed E-state index contributed by atoms with van der Waals surface area (Å²) in [4.78, 5) is 19.0. The number of aliphatic hydroxyl groups is 1. The van der Waals surface area contributed by atoms with Gasteiger partial charge in [-0.05, 0) is 75.2 Å². The average molecular weight is 503 g/mol. The zero-order valence-electron chi connectivity index (χ0n) is 21.9. The standard InChI is InChI=1S/C28H42N2O4S/c1-20(2)10-13-29(16-23(31)18-33-21(3)4)17-28(32)30-14-11-27-25(12-15-35-27)26(30)19-34-24-8-6-22(5)7-9-24/h6-9,12,15,20-21,23,26,31H,10-11,13-14,16-19H2,1-5H3. The van der Waals surface area contributed by atoms with Gasteiger partial charge in [-0.15, -0.1) is 11.3 Å². The van der Waals surface area contributed by atoms with Crippen molar-refractivity contribution in [3.05, 3.63) is 51.7 Å². The van der Waals surface area contributed by atoms with Gasteiger partial charge < -0.3 is 19.5 Å². The summed E-state index contributed by atoms with van der Waals surface area (Å²) in [5.41, 5.74) is 2.38. The molecule has 0 spiro atoms. The van der Waals surface area contributed by atoms with Crippen LogP contribution in [0.1, 0.15) is 56.2 Å². The minimum absolute atomic E-state index is 0.0674. The topological polar surface area (TPSA) is 62.2 Å². The minimum atomic E-state index is -0.622. The first-order chi connectivity index (χ1) is 16.7. The molecule has 35 heavy (non-hydrogen) atoms. The first-order valence-electron chi connectivity index (χ1n) is 12.8. The Morgan fingerprint density at radius 2 is 1.94 bits per heavy atom. The van der Waals surface area contributed by atoms with Gasteiger partial charge in [0.1, 0.15) is 12.4 Å². The van der Waals surface area contributed by atoms with Crippen molar-refractivity contribution in [3.63, 3.8) is 0 Å². The summed E-state index contributed by atoms with van der Waals surface area (Å²) >= 11 is 1.76. The second-order valence-corrected chi connectivity index (χ2v) is 11.2. The molecule has 2 heterocycles. The normalized spacial score (nSPS) is 16.7. The summed E-state index contributed by atoms with van der Waals surface area (Å²) in [5.74, 6) is 1.42. The quantitative estimate of drug-likeness (QED) is 0.430. The zero-order valence-corrected chi connectivity index (χ0v) is 22.7. The van der Waals surface area contributed by atoms with Gasteiger partial charge in [0, 0.05) is 18.0 Å². The highest BCUT2D eigenvalue weighted by atomic mass is 32.1. The van der Waals surface area contributed by atoms with Crippen molar-refractivity contribution in [1.29, 1.82) is 0 Å². The summed E-state index contributed by atoms with van der Waals surface area (Å²) in [5, 5.41) is 12.6. The molecule has 0 bridgehead atoms. The van der Waals surface area contributed by atoms with Gasteiger partial charge in [0.05, 0.1) is 31.4 Å². The fraction of sp³-hybridized carbons (Fsp3) is 0.607. The molecule has 2 unspecified atom stereocenters. The Morgan fingerprint density at radius 1 is 1.20 bits per heavy atom. The Kier molecular flexibility index (Phi) is 10.6. The van der Waals surface area contributed by atoms with E-state index in [1.165, 1.54) is 16.0 Å². The number of nitrogens with zero attached hydrogens (tertiary/aromatic N) is 2. The summed E-state index contributed by atoms with van der Waals surface area (Å²) in [6.45, 7) is 13.2. The van der Waals surface area contributed by atoms with Crippen LogP contribution in [0.2, 0.25) is 0 Å². The van der Waals surface area contributed by atoms with E-state index in [1.807, 2.05) is 43.0 Å². The maximum atomic E-state index is 13.6. The molecule has 0 fully saturated rings. The van der Waals surface area contributed by atoms with Crippen LogP contribution in [0.15, 0.2) is 35.7 Å². The number of thiophene rings is 1. The largest absolute Gasteiger partial charge is 0.491 e. The lowest BCUT2D eigenvalue weighted by Crippen LogP contribution is -2.48. The minimum Gasteiger partial charge on any atom is -0.491 e. The van der Waals surface area contributed by atoms with Crippen LogP contribution in [0, 0.1) is 12.8 Å². The summed E-state index contributed by atoms with van der Waals surface area (Å²) in [7, 11) is 0. The van der Waals surface area contributed by atoms with Crippen LogP contribution in [0.25, 0.3) is 0 Å². The highest BCUT2D eigenvalue weighted by Gasteiger charge is 2.33. The molecule has 7 heteroatoms. The number of carbonyl (C=O) groups excluding carboxylic acids is 1. The number of rotatable bonds is 13. The third kappa shape index (κ3) is 8.60. The predicted molar refractivity (Wildman–Crippen MR) is 142 cm³/mol. The second-order valence-electron chi connectivity index (χ2n) is 10.2. The van der Waals surface area contributed by atoms with Gasteiger partial charge in [-0.25, -0.2) is 0 Å². The predicted octanol–water partition coefficient (Wildman–Crippen LogP) is 4.70. The van der Waals surface area contributed by atoms with Crippen molar-refractivity contribution in [3.8, 4) is 5.75 Å². The fourth-order valence-corrected chi connectivity index (χ4v) is 5.22. The first kappa shape index (κ1) is 27.7. The molecule has 1 N–H and O–H groups in total. The highest BCUT2D eigenvalue weighted by Crippen LogP contribution is 2.34. The van der Waals surface area contributed by atoms with Crippen LogP contribution in [0.3, 0.4) is 0 Å². The van der Waals surface area contributed by atoms with Crippen molar-refractivity contribution in [2.24, 2.45) is 5.92 Å². The number of hydrogen-bond donors (Lipinski definition) is 1. The number of amides is 1. The number of hydrogen-bond acceptors (Lipinski definition) is 6. The van der Waals surface area contributed by atoms with Crippen molar-refractivity contribution < 1.29 is 19.4 Å². The molecule has 1 aromatic carbocycles. The second kappa shape index (κ2) is 13.4. The van der Waals surface area contributed by atoms with Gasteiger partial charge in [0.2, 0.25) is 5.91 Å². The third-order valence-corrected chi connectivity index (χ3v) is 7.31. The molecule has 0 radical (unpaired) electrons. The molecule has 2 aromatic rings. The molecule has 1 amide bonds. The maximum Gasteiger partial charge on any atom is 0.237 e. The van der Waals surface area contributed by atoms with E-state index in [0.717, 1.165) is 25.1 Å². The Hall–Kier alpha value is -1.93. The zero-order chi connectivity index (χ0) is 25.4. The van der Waals surface area contributed by atoms with Crippen LogP contribution >= 0.6 is 11.3 Å². The molecule has 0 saturated carbocycles. The highest BCUT2D eigenvalue weighted by molar-refractivity contribution is 7.10. The van der Waals surface area contributed by atoms with E-state index in [2.05, 4.69) is 37.1 Å². The average Bonchev–Trinajstić information content (AvgIpc) is 3.29. The number of aliphatic hydroxyl groups excluding tert-OH is 1. The van der Waals surface area contributed by atoms with Crippen molar-refractivity contribution in [1.82, 2.24) is 9.80 Å². The Bertz CT molecular complexity index is 912. The lowest BCUT2D eigenvalue weighted by atomic mass is 10.00. The summed E-state index contributed by atoms with van der Waals surface area (Å²) < 4.78 is 11.7. The maximum absolute atomic E-state index is 13.6. The Labute approximate surface area is 214 Å². The first-order valence-corrected chi connectivity index (χ1v) is 13.7. The molecule has 1 aliphatic rings. The molecule has 3 rings (SSSR count). The molecule has 1 aliphatic heterocycles. The number of carbonyl (C=O) groups is 1. The van der Waals surface area contributed by atoms with Gasteiger partial charge in [0.15, 0.2) is 0 Å². The van der Waals surface area contributed by atoms with E-state index in [0.29, 0.717) is 25.6 Å².